The quantitative estimate of drug-likeness (QED) is 0.430. The van der Waals surface area contributed by atoms with Gasteiger partial charge in [-0.3, -0.25) is 9.69 Å². The second kappa shape index (κ2) is 12.4. The topological polar surface area (TPSA) is 114 Å². The van der Waals surface area contributed by atoms with Crippen LogP contribution in [-0.4, -0.2) is 78.2 Å². The highest BCUT2D eigenvalue weighted by Gasteiger charge is 2.22. The molecule has 32 heavy (non-hydrogen) atoms. The molecule has 0 aromatic carbocycles. The maximum Gasteiger partial charge on any atom is 0.348 e. The highest BCUT2D eigenvalue weighted by molar-refractivity contribution is 7.20. The number of carbonyl (C=O) groups is 1. The fraction of sp³-hybridized carbons (Fsp3) is 0.682. The van der Waals surface area contributed by atoms with Crippen molar-refractivity contribution in [1.29, 1.82) is 0 Å². The first-order valence-corrected chi connectivity index (χ1v) is 11.6. The van der Waals surface area contributed by atoms with Crippen LogP contribution in [0.2, 0.25) is 0 Å². The van der Waals surface area contributed by atoms with E-state index in [1.807, 2.05) is 4.90 Å². The average Bonchev–Trinajstić information content (AvgIpc) is 3.02. The Bertz CT molecular complexity index is 940. The van der Waals surface area contributed by atoms with Gasteiger partial charge in [0.05, 0.1) is 37.4 Å². The Morgan fingerprint density at radius 2 is 1.97 bits per heavy atom. The van der Waals surface area contributed by atoms with E-state index >= 15 is 0 Å². The molecule has 0 amide bonds. The number of carbonyl (C=O) groups excluding carboxylic acids is 1. The molecular formula is C22H35N3O6S. The number of nitrogens with one attached hydrogen (secondary N) is 1. The monoisotopic (exact) mass is 469 g/mol. The van der Waals surface area contributed by atoms with E-state index in [1.165, 1.54) is 0 Å². The first-order valence-electron chi connectivity index (χ1n) is 10.8. The number of aliphatic hydroxyl groups excluding tert-OH is 1. The van der Waals surface area contributed by atoms with Crippen molar-refractivity contribution in [2.75, 3.05) is 40.0 Å². The minimum absolute atomic E-state index is 0.232. The summed E-state index contributed by atoms with van der Waals surface area (Å²) in [5.74, 6) is 0.399. The second-order valence-electron chi connectivity index (χ2n) is 8.52. The molecule has 2 rings (SSSR count). The number of aromatic nitrogens is 2. The molecule has 180 valence electrons. The molecule has 1 atom stereocenters. The molecule has 2 aromatic rings. The third-order valence-corrected chi connectivity index (χ3v) is 5.76. The molecule has 0 bridgehead atoms. The largest absolute Gasteiger partial charge is 0.459 e. The van der Waals surface area contributed by atoms with E-state index in [1.54, 1.807) is 27.9 Å². The molecule has 2 heterocycles. The summed E-state index contributed by atoms with van der Waals surface area (Å²) in [5, 5.41) is 10.8. The van der Waals surface area contributed by atoms with Crippen LogP contribution in [0, 0.1) is 12.8 Å². The molecule has 1 unspecified atom stereocenters. The number of thiophene rings is 1. The SMILES string of the molecule is COCCN(Cc1nc2sc(C(=O)OC(C)C)c(C)c2c(=O)[nH]1)CC(O)COCC(C)C. The Labute approximate surface area is 192 Å². The van der Waals surface area contributed by atoms with Crippen molar-refractivity contribution in [2.45, 2.75) is 53.4 Å². The molecule has 2 N–H and O–H groups in total. The Balaban J connectivity index is 2.20. The zero-order chi connectivity index (χ0) is 23.8. The number of nitrogens with zero attached hydrogens (tertiary/aromatic N) is 2. The lowest BCUT2D eigenvalue weighted by Crippen LogP contribution is -2.37. The third-order valence-electron chi connectivity index (χ3n) is 4.59. The van der Waals surface area contributed by atoms with Gasteiger partial charge in [0.25, 0.3) is 5.56 Å². The summed E-state index contributed by atoms with van der Waals surface area (Å²) in [6.07, 6.45) is -0.929. The Morgan fingerprint density at radius 3 is 2.59 bits per heavy atom. The zero-order valence-electron chi connectivity index (χ0n) is 19.8. The van der Waals surface area contributed by atoms with E-state index in [9.17, 15) is 14.7 Å². The van der Waals surface area contributed by atoms with Crippen LogP contribution in [0.3, 0.4) is 0 Å². The minimum Gasteiger partial charge on any atom is -0.459 e. The van der Waals surface area contributed by atoms with Crippen LogP contribution in [0.25, 0.3) is 10.2 Å². The number of methoxy groups -OCH3 is 1. The third kappa shape index (κ3) is 7.63. The van der Waals surface area contributed by atoms with Crippen molar-refractivity contribution < 1.29 is 24.1 Å². The van der Waals surface area contributed by atoms with Crippen molar-refractivity contribution >= 4 is 27.5 Å². The second-order valence-corrected chi connectivity index (χ2v) is 9.52. The molecule has 0 saturated carbocycles. The van der Waals surface area contributed by atoms with E-state index in [0.717, 1.165) is 11.3 Å². The summed E-state index contributed by atoms with van der Waals surface area (Å²) >= 11 is 1.16. The fourth-order valence-corrected chi connectivity index (χ4v) is 4.27. The van der Waals surface area contributed by atoms with Crippen LogP contribution >= 0.6 is 11.3 Å². The van der Waals surface area contributed by atoms with E-state index in [0.29, 0.717) is 65.2 Å². The smallest absolute Gasteiger partial charge is 0.348 e. The van der Waals surface area contributed by atoms with Crippen molar-refractivity contribution in [1.82, 2.24) is 14.9 Å². The number of H-pyrrole nitrogens is 1. The number of hydrogen-bond donors (Lipinski definition) is 2. The van der Waals surface area contributed by atoms with Crippen LogP contribution in [-0.2, 0) is 20.8 Å². The number of rotatable bonds is 13. The van der Waals surface area contributed by atoms with Gasteiger partial charge in [-0.2, -0.15) is 0 Å². The number of fused-ring (bicyclic) bond motifs is 1. The van der Waals surface area contributed by atoms with E-state index in [2.05, 4.69) is 23.8 Å². The summed E-state index contributed by atoms with van der Waals surface area (Å²) in [7, 11) is 1.61. The molecule has 2 aromatic heterocycles. The van der Waals surface area contributed by atoms with Crippen LogP contribution < -0.4 is 5.56 Å². The van der Waals surface area contributed by atoms with E-state index < -0.39 is 12.1 Å². The summed E-state index contributed by atoms with van der Waals surface area (Å²) in [6, 6.07) is 0. The molecule has 0 radical (unpaired) electrons. The molecule has 0 aliphatic heterocycles. The number of esters is 1. The molecule has 0 aliphatic carbocycles. The van der Waals surface area contributed by atoms with Crippen molar-refractivity contribution in [3.8, 4) is 0 Å². The zero-order valence-corrected chi connectivity index (χ0v) is 20.6. The van der Waals surface area contributed by atoms with E-state index in [4.69, 9.17) is 14.2 Å². The van der Waals surface area contributed by atoms with Crippen molar-refractivity contribution in [3.05, 3.63) is 26.6 Å². The first-order chi connectivity index (χ1) is 15.1. The normalized spacial score (nSPS) is 12.9. The molecular weight excluding hydrogens is 434 g/mol. The predicted molar refractivity (Wildman–Crippen MR) is 124 cm³/mol. The van der Waals surface area contributed by atoms with Gasteiger partial charge in [0.1, 0.15) is 15.5 Å². The summed E-state index contributed by atoms with van der Waals surface area (Å²) in [5.41, 5.74) is 0.278. The van der Waals surface area contributed by atoms with Crippen LogP contribution in [0.5, 0.6) is 0 Å². The molecule has 0 saturated heterocycles. The van der Waals surface area contributed by atoms with Crippen LogP contribution in [0.15, 0.2) is 4.79 Å². The van der Waals surface area contributed by atoms with Gasteiger partial charge in [-0.15, -0.1) is 11.3 Å². The maximum atomic E-state index is 12.7. The standard InChI is InChI=1S/C22H35N3O6S/c1-13(2)11-30-12-16(26)9-25(7-8-29-6)10-17-23-20(27)18-15(5)19(32-21(18)24-17)22(28)31-14(3)4/h13-14,16,26H,7-12H2,1-6H3,(H,23,24,27). The van der Waals surface area contributed by atoms with Gasteiger partial charge in [-0.05, 0) is 32.3 Å². The fourth-order valence-electron chi connectivity index (χ4n) is 3.18. The van der Waals surface area contributed by atoms with Crippen molar-refractivity contribution in [2.24, 2.45) is 5.92 Å². The number of aryl methyl sites for hydroxylation is 1. The summed E-state index contributed by atoms with van der Waals surface area (Å²) < 4.78 is 16.0. The number of aliphatic hydroxyl groups is 1. The van der Waals surface area contributed by atoms with Gasteiger partial charge in [0.15, 0.2) is 0 Å². The minimum atomic E-state index is -0.678. The number of hydrogen-bond acceptors (Lipinski definition) is 9. The number of ether oxygens (including phenoxy) is 3. The van der Waals surface area contributed by atoms with Crippen molar-refractivity contribution in [3.63, 3.8) is 0 Å². The Hall–Kier alpha value is -1.85. The molecule has 9 nitrogen and oxygen atoms in total. The Morgan fingerprint density at radius 1 is 1.25 bits per heavy atom. The lowest BCUT2D eigenvalue weighted by Gasteiger charge is -2.24. The first kappa shape index (κ1) is 26.4. The van der Waals surface area contributed by atoms with Crippen LogP contribution in [0.4, 0.5) is 0 Å². The number of aromatic amines is 1. The lowest BCUT2D eigenvalue weighted by atomic mass is 10.2. The van der Waals surface area contributed by atoms with Gasteiger partial charge in [-0.1, -0.05) is 13.8 Å². The van der Waals surface area contributed by atoms with Gasteiger partial charge < -0.3 is 24.3 Å². The summed E-state index contributed by atoms with van der Waals surface area (Å²) in [6.45, 7) is 11.9. The van der Waals surface area contributed by atoms with Gasteiger partial charge in [0.2, 0.25) is 0 Å². The van der Waals surface area contributed by atoms with Gasteiger partial charge >= 0.3 is 5.97 Å². The molecule has 0 spiro atoms. The average molecular weight is 470 g/mol. The lowest BCUT2D eigenvalue weighted by molar-refractivity contribution is 0.00295. The molecule has 10 heteroatoms. The summed E-state index contributed by atoms with van der Waals surface area (Å²) in [4.78, 5) is 35.3. The highest BCUT2D eigenvalue weighted by Crippen LogP contribution is 2.28. The predicted octanol–water partition coefficient (Wildman–Crippen LogP) is 2.34. The van der Waals surface area contributed by atoms with Crippen LogP contribution in [0.1, 0.15) is 48.8 Å². The Kier molecular flexibility index (Phi) is 10.2. The molecule has 0 fully saturated rings. The van der Waals surface area contributed by atoms with E-state index in [-0.39, 0.29) is 18.3 Å². The maximum absolute atomic E-state index is 12.7. The van der Waals surface area contributed by atoms with Gasteiger partial charge in [-0.25, -0.2) is 9.78 Å². The molecule has 0 aliphatic rings. The van der Waals surface area contributed by atoms with Gasteiger partial charge in [0, 0.05) is 26.8 Å². The highest BCUT2D eigenvalue weighted by atomic mass is 32.1.